The molecule has 2 aromatic heterocycles. The van der Waals surface area contributed by atoms with Gasteiger partial charge in [-0.25, -0.2) is 4.98 Å². The number of aromatic nitrogens is 3. The van der Waals surface area contributed by atoms with E-state index in [9.17, 15) is 9.59 Å². The maximum absolute atomic E-state index is 13.0. The fourth-order valence-electron chi connectivity index (χ4n) is 5.28. The number of aryl methyl sites for hydroxylation is 2. The number of carbonyl (C=O) groups excluding carboxylic acids is 1. The summed E-state index contributed by atoms with van der Waals surface area (Å²) >= 11 is 0. The van der Waals surface area contributed by atoms with Gasteiger partial charge in [0.15, 0.2) is 0 Å². The highest BCUT2D eigenvalue weighted by Gasteiger charge is 2.31. The van der Waals surface area contributed by atoms with Gasteiger partial charge in [-0.05, 0) is 56.8 Å². The zero-order chi connectivity index (χ0) is 22.2. The Morgan fingerprint density at radius 2 is 2.09 bits per heavy atom. The molecule has 1 aromatic carbocycles. The van der Waals surface area contributed by atoms with Crippen LogP contribution in [-0.2, 0) is 18.4 Å². The van der Waals surface area contributed by atoms with E-state index in [1.165, 1.54) is 0 Å². The van der Waals surface area contributed by atoms with Crippen LogP contribution in [0.4, 0.5) is 0 Å². The molecule has 2 fully saturated rings. The summed E-state index contributed by atoms with van der Waals surface area (Å²) in [6, 6.07) is 10.1. The first-order valence-electron chi connectivity index (χ1n) is 11.6. The standard InChI is InChI=1S/C25H31N5O2/c1-17-12-20(16-28(2)24(17)31)23-27-21-7-3-4-8-22(21)30(23)15-18-6-5-11-29(14-18)25(32)19-9-10-26-13-19/h3-4,7-8,12,16,18-19,26H,5-6,9-11,13-15H2,1-2H3/t18-,19+/m1/s1. The van der Waals surface area contributed by atoms with Crippen molar-refractivity contribution in [1.29, 1.82) is 0 Å². The van der Waals surface area contributed by atoms with Gasteiger partial charge < -0.3 is 19.4 Å². The molecule has 32 heavy (non-hydrogen) atoms. The summed E-state index contributed by atoms with van der Waals surface area (Å²) in [5, 5.41) is 3.31. The molecule has 2 aliphatic rings. The molecule has 0 aliphatic carbocycles. The van der Waals surface area contributed by atoms with Crippen molar-refractivity contribution < 1.29 is 4.79 Å². The normalized spacial score (nSPS) is 21.4. The van der Waals surface area contributed by atoms with E-state index in [1.54, 1.807) is 11.6 Å². The number of amides is 1. The lowest BCUT2D eigenvalue weighted by molar-refractivity contribution is -0.136. The Morgan fingerprint density at radius 1 is 1.25 bits per heavy atom. The van der Waals surface area contributed by atoms with Crippen molar-refractivity contribution in [3.05, 3.63) is 52.4 Å². The molecule has 7 heteroatoms. The first kappa shape index (κ1) is 20.9. The molecule has 5 rings (SSSR count). The van der Waals surface area contributed by atoms with Crippen molar-refractivity contribution in [3.63, 3.8) is 0 Å². The van der Waals surface area contributed by atoms with Crippen LogP contribution in [0.3, 0.4) is 0 Å². The number of piperidine rings is 1. The van der Waals surface area contributed by atoms with Crippen LogP contribution in [0.1, 0.15) is 24.8 Å². The number of nitrogens with zero attached hydrogens (tertiary/aromatic N) is 4. The number of hydrogen-bond donors (Lipinski definition) is 1. The summed E-state index contributed by atoms with van der Waals surface area (Å²) in [7, 11) is 1.79. The van der Waals surface area contributed by atoms with E-state index in [-0.39, 0.29) is 11.5 Å². The largest absolute Gasteiger partial charge is 0.342 e. The molecule has 0 spiro atoms. The average molecular weight is 434 g/mol. The number of likely N-dealkylation sites (tertiary alicyclic amines) is 1. The lowest BCUT2D eigenvalue weighted by atomic mass is 9.96. The molecule has 0 radical (unpaired) electrons. The van der Waals surface area contributed by atoms with E-state index in [2.05, 4.69) is 20.9 Å². The molecular formula is C25H31N5O2. The van der Waals surface area contributed by atoms with Gasteiger partial charge in [0.1, 0.15) is 5.82 Å². The Labute approximate surface area is 188 Å². The summed E-state index contributed by atoms with van der Waals surface area (Å²) < 4.78 is 3.91. The molecule has 168 valence electrons. The molecule has 0 unspecified atom stereocenters. The Morgan fingerprint density at radius 3 is 2.88 bits per heavy atom. The molecule has 1 N–H and O–H groups in total. The van der Waals surface area contributed by atoms with E-state index in [4.69, 9.17) is 4.98 Å². The van der Waals surface area contributed by atoms with Crippen LogP contribution in [0.5, 0.6) is 0 Å². The van der Waals surface area contributed by atoms with Crippen LogP contribution in [0.2, 0.25) is 0 Å². The molecular weight excluding hydrogens is 402 g/mol. The monoisotopic (exact) mass is 433 g/mol. The Hall–Kier alpha value is -2.93. The molecule has 2 aliphatic heterocycles. The van der Waals surface area contributed by atoms with Crippen LogP contribution in [-0.4, -0.2) is 51.1 Å². The van der Waals surface area contributed by atoms with Gasteiger partial charge in [-0.2, -0.15) is 0 Å². The van der Waals surface area contributed by atoms with Gasteiger partial charge in [-0.3, -0.25) is 9.59 Å². The fourth-order valence-corrected chi connectivity index (χ4v) is 5.28. The molecule has 0 saturated carbocycles. The second kappa shape index (κ2) is 8.54. The van der Waals surface area contributed by atoms with Gasteiger partial charge in [-0.15, -0.1) is 0 Å². The summed E-state index contributed by atoms with van der Waals surface area (Å²) in [5.74, 6) is 1.71. The van der Waals surface area contributed by atoms with Crippen LogP contribution < -0.4 is 10.9 Å². The van der Waals surface area contributed by atoms with Crippen LogP contribution >= 0.6 is 0 Å². The molecule has 7 nitrogen and oxygen atoms in total. The number of carbonyl (C=O) groups is 1. The average Bonchev–Trinajstić information content (AvgIpc) is 3.46. The van der Waals surface area contributed by atoms with Crippen LogP contribution in [0, 0.1) is 18.8 Å². The van der Waals surface area contributed by atoms with Crippen molar-refractivity contribution in [3.8, 4) is 11.4 Å². The number of rotatable bonds is 4. The SMILES string of the molecule is Cc1cc(-c2nc3ccccc3n2C[C@@H]2CCCN(C(=O)[C@H]3CCNC3)C2)cn(C)c1=O. The third-order valence-corrected chi connectivity index (χ3v) is 6.96. The summed E-state index contributed by atoms with van der Waals surface area (Å²) in [4.78, 5) is 32.2. The predicted octanol–water partition coefficient (Wildman–Crippen LogP) is 2.56. The van der Waals surface area contributed by atoms with Crippen LogP contribution in [0.25, 0.3) is 22.4 Å². The predicted molar refractivity (Wildman–Crippen MR) is 125 cm³/mol. The number of nitrogens with one attached hydrogen (secondary N) is 1. The number of para-hydroxylation sites is 2. The summed E-state index contributed by atoms with van der Waals surface area (Å²) in [6.45, 7) is 6.07. The summed E-state index contributed by atoms with van der Waals surface area (Å²) in [5.41, 5.74) is 3.72. The van der Waals surface area contributed by atoms with Crippen molar-refractivity contribution in [2.24, 2.45) is 18.9 Å². The number of hydrogen-bond acceptors (Lipinski definition) is 4. The van der Waals surface area contributed by atoms with Gasteiger partial charge in [-0.1, -0.05) is 12.1 Å². The maximum Gasteiger partial charge on any atom is 0.253 e. The van der Waals surface area contributed by atoms with Gasteiger partial charge in [0, 0.05) is 50.6 Å². The second-order valence-corrected chi connectivity index (χ2v) is 9.34. The van der Waals surface area contributed by atoms with Crippen molar-refractivity contribution >= 4 is 16.9 Å². The molecule has 1 amide bonds. The van der Waals surface area contributed by atoms with Gasteiger partial charge in [0.25, 0.3) is 5.56 Å². The topological polar surface area (TPSA) is 72.2 Å². The molecule has 0 bridgehead atoms. The highest BCUT2D eigenvalue weighted by Crippen LogP contribution is 2.29. The van der Waals surface area contributed by atoms with E-state index < -0.39 is 0 Å². The molecule has 2 saturated heterocycles. The molecule has 3 aromatic rings. The van der Waals surface area contributed by atoms with Gasteiger partial charge in [0.05, 0.1) is 17.0 Å². The first-order chi connectivity index (χ1) is 15.5. The first-order valence-corrected chi connectivity index (χ1v) is 11.6. The number of imidazole rings is 1. The van der Waals surface area contributed by atoms with Crippen molar-refractivity contribution in [1.82, 2.24) is 24.3 Å². The van der Waals surface area contributed by atoms with E-state index in [1.807, 2.05) is 37.4 Å². The number of benzene rings is 1. The lowest BCUT2D eigenvalue weighted by Crippen LogP contribution is -2.44. The summed E-state index contributed by atoms with van der Waals surface area (Å²) in [6.07, 6.45) is 4.96. The van der Waals surface area contributed by atoms with E-state index >= 15 is 0 Å². The van der Waals surface area contributed by atoms with E-state index in [0.29, 0.717) is 17.4 Å². The maximum atomic E-state index is 13.0. The number of pyridine rings is 1. The Bertz CT molecular complexity index is 1180. The third kappa shape index (κ3) is 3.86. The highest BCUT2D eigenvalue weighted by atomic mass is 16.2. The quantitative estimate of drug-likeness (QED) is 0.686. The van der Waals surface area contributed by atoms with Crippen molar-refractivity contribution in [2.45, 2.75) is 32.7 Å². The highest BCUT2D eigenvalue weighted by molar-refractivity contribution is 5.81. The van der Waals surface area contributed by atoms with Crippen LogP contribution in [0.15, 0.2) is 41.3 Å². The zero-order valence-electron chi connectivity index (χ0n) is 18.9. The van der Waals surface area contributed by atoms with Gasteiger partial charge in [0.2, 0.25) is 5.91 Å². The lowest BCUT2D eigenvalue weighted by Gasteiger charge is -2.34. The second-order valence-electron chi connectivity index (χ2n) is 9.34. The Kier molecular flexibility index (Phi) is 5.59. The van der Waals surface area contributed by atoms with Crippen molar-refractivity contribution in [2.75, 3.05) is 26.2 Å². The third-order valence-electron chi connectivity index (χ3n) is 6.96. The Balaban J connectivity index is 1.47. The minimum absolute atomic E-state index is 0.0132. The zero-order valence-corrected chi connectivity index (χ0v) is 18.9. The minimum Gasteiger partial charge on any atom is -0.342 e. The minimum atomic E-state index is 0.0132. The smallest absolute Gasteiger partial charge is 0.253 e. The van der Waals surface area contributed by atoms with Gasteiger partial charge >= 0.3 is 0 Å². The number of fused-ring (bicyclic) bond motifs is 1. The fraction of sp³-hybridized carbons (Fsp3) is 0.480. The molecule has 2 atom stereocenters. The van der Waals surface area contributed by atoms with E-state index in [0.717, 1.165) is 74.4 Å². The molecule has 4 heterocycles.